The van der Waals surface area contributed by atoms with Gasteiger partial charge in [-0.25, -0.2) is 0 Å². The fourth-order valence-corrected chi connectivity index (χ4v) is 3.96. The molecule has 1 aliphatic rings. The second kappa shape index (κ2) is 5.54. The monoisotopic (exact) mass is 303 g/mol. The highest BCUT2D eigenvalue weighted by molar-refractivity contribution is 7.99. The van der Waals surface area contributed by atoms with Gasteiger partial charge in [-0.3, -0.25) is 0 Å². The molecule has 0 aliphatic carbocycles. The summed E-state index contributed by atoms with van der Waals surface area (Å²) in [6.45, 7) is 2.20. The van der Waals surface area contributed by atoms with Crippen molar-refractivity contribution in [2.45, 2.75) is 23.1 Å². The van der Waals surface area contributed by atoms with Crippen LogP contribution in [-0.2, 0) is 6.42 Å². The SMILES string of the molecule is CCc1cccc(N2c3ccccc3Sc3ccccc32)c1. The fourth-order valence-electron chi connectivity index (χ4n) is 2.90. The molecule has 0 aromatic heterocycles. The van der Waals surface area contributed by atoms with Crippen molar-refractivity contribution in [2.24, 2.45) is 0 Å². The summed E-state index contributed by atoms with van der Waals surface area (Å²) in [4.78, 5) is 4.99. The number of aryl methyl sites for hydroxylation is 1. The summed E-state index contributed by atoms with van der Waals surface area (Å²) < 4.78 is 0. The lowest BCUT2D eigenvalue weighted by Crippen LogP contribution is -2.14. The molecule has 1 aliphatic heterocycles. The Bertz CT molecular complexity index is 780. The minimum Gasteiger partial charge on any atom is -0.308 e. The van der Waals surface area contributed by atoms with Crippen LogP contribution in [0, 0.1) is 0 Å². The Labute approximate surface area is 135 Å². The average Bonchev–Trinajstić information content (AvgIpc) is 2.59. The Kier molecular flexibility index (Phi) is 3.39. The zero-order valence-electron chi connectivity index (χ0n) is 12.5. The highest BCUT2D eigenvalue weighted by atomic mass is 32.2. The van der Waals surface area contributed by atoms with Crippen molar-refractivity contribution in [3.63, 3.8) is 0 Å². The van der Waals surface area contributed by atoms with Crippen LogP contribution < -0.4 is 4.90 Å². The number of fused-ring (bicyclic) bond motifs is 2. The van der Waals surface area contributed by atoms with Gasteiger partial charge in [-0.15, -0.1) is 0 Å². The third-order valence-electron chi connectivity index (χ3n) is 4.01. The third kappa shape index (κ3) is 2.20. The Morgan fingerprint density at radius 3 is 2.05 bits per heavy atom. The van der Waals surface area contributed by atoms with E-state index in [1.165, 1.54) is 32.4 Å². The quantitative estimate of drug-likeness (QED) is 0.435. The first kappa shape index (κ1) is 13.5. The van der Waals surface area contributed by atoms with Gasteiger partial charge in [-0.2, -0.15) is 0 Å². The molecule has 1 heterocycles. The number of rotatable bonds is 2. The molecule has 2 heteroatoms. The minimum atomic E-state index is 1.06. The van der Waals surface area contributed by atoms with Gasteiger partial charge in [0.2, 0.25) is 0 Å². The van der Waals surface area contributed by atoms with Crippen molar-refractivity contribution in [3.8, 4) is 0 Å². The van der Waals surface area contributed by atoms with E-state index in [1.54, 1.807) is 0 Å². The van der Waals surface area contributed by atoms with Crippen molar-refractivity contribution < 1.29 is 0 Å². The molecule has 22 heavy (non-hydrogen) atoms. The van der Waals surface area contributed by atoms with E-state index in [0.717, 1.165) is 6.42 Å². The average molecular weight is 303 g/mol. The van der Waals surface area contributed by atoms with Crippen molar-refractivity contribution in [3.05, 3.63) is 78.4 Å². The van der Waals surface area contributed by atoms with Crippen LogP contribution in [0.5, 0.6) is 0 Å². The summed E-state index contributed by atoms with van der Waals surface area (Å²) in [6.07, 6.45) is 1.06. The smallest absolute Gasteiger partial charge is 0.0601 e. The van der Waals surface area contributed by atoms with E-state index < -0.39 is 0 Å². The molecule has 0 fully saturated rings. The maximum atomic E-state index is 2.38. The van der Waals surface area contributed by atoms with Crippen LogP contribution in [-0.4, -0.2) is 0 Å². The van der Waals surface area contributed by atoms with Gasteiger partial charge in [-0.1, -0.05) is 55.1 Å². The van der Waals surface area contributed by atoms with E-state index in [1.807, 2.05) is 11.8 Å². The van der Waals surface area contributed by atoms with Crippen molar-refractivity contribution in [1.82, 2.24) is 0 Å². The summed E-state index contributed by atoms with van der Waals surface area (Å²) >= 11 is 1.85. The molecule has 0 amide bonds. The van der Waals surface area contributed by atoms with Gasteiger partial charge in [0.25, 0.3) is 0 Å². The molecule has 0 atom stereocenters. The van der Waals surface area contributed by atoms with Crippen molar-refractivity contribution >= 4 is 28.8 Å². The lowest BCUT2D eigenvalue weighted by Gasteiger charge is -2.33. The zero-order chi connectivity index (χ0) is 14.9. The summed E-state index contributed by atoms with van der Waals surface area (Å²) in [5.41, 5.74) is 5.13. The van der Waals surface area contributed by atoms with Crippen LogP contribution in [0.3, 0.4) is 0 Å². The second-order valence-electron chi connectivity index (χ2n) is 5.40. The molecule has 0 saturated carbocycles. The predicted molar refractivity (Wildman–Crippen MR) is 94.6 cm³/mol. The van der Waals surface area contributed by atoms with E-state index in [2.05, 4.69) is 84.6 Å². The topological polar surface area (TPSA) is 3.24 Å². The van der Waals surface area contributed by atoms with Crippen LogP contribution >= 0.6 is 11.8 Å². The Balaban J connectivity index is 1.94. The molecule has 3 aromatic rings. The van der Waals surface area contributed by atoms with Crippen LogP contribution in [0.4, 0.5) is 17.1 Å². The molecule has 0 unspecified atom stereocenters. The van der Waals surface area contributed by atoms with Gasteiger partial charge >= 0.3 is 0 Å². The number of nitrogens with zero attached hydrogens (tertiary/aromatic N) is 1. The Morgan fingerprint density at radius 2 is 1.41 bits per heavy atom. The molecule has 1 nitrogen and oxygen atoms in total. The molecule has 0 saturated heterocycles. The molecule has 3 aromatic carbocycles. The first-order valence-corrected chi connectivity index (χ1v) is 8.43. The van der Waals surface area contributed by atoms with Crippen molar-refractivity contribution in [1.29, 1.82) is 0 Å². The van der Waals surface area contributed by atoms with E-state index in [0.29, 0.717) is 0 Å². The van der Waals surface area contributed by atoms with Gasteiger partial charge in [-0.05, 0) is 48.4 Å². The zero-order valence-corrected chi connectivity index (χ0v) is 13.3. The number of anilines is 3. The number of benzene rings is 3. The fraction of sp³-hybridized carbons (Fsp3) is 0.100. The second-order valence-corrected chi connectivity index (χ2v) is 6.48. The standard InChI is InChI=1S/C20H17NS/c1-2-15-8-7-9-16(14-15)21-17-10-3-5-12-19(17)22-20-13-6-4-11-18(20)21/h3-14H,2H2,1H3. The third-order valence-corrected chi connectivity index (χ3v) is 5.14. The first-order valence-electron chi connectivity index (χ1n) is 7.62. The van der Waals surface area contributed by atoms with E-state index in [9.17, 15) is 0 Å². The molecule has 108 valence electrons. The van der Waals surface area contributed by atoms with Crippen molar-refractivity contribution in [2.75, 3.05) is 4.90 Å². The maximum Gasteiger partial charge on any atom is 0.0601 e. The maximum absolute atomic E-state index is 2.38. The van der Waals surface area contributed by atoms with Gasteiger partial charge in [0.05, 0.1) is 11.4 Å². The summed E-state index contributed by atoms with van der Waals surface area (Å²) in [5.74, 6) is 0. The summed E-state index contributed by atoms with van der Waals surface area (Å²) in [6, 6.07) is 26.1. The van der Waals surface area contributed by atoms with Gasteiger partial charge in [0.15, 0.2) is 0 Å². The van der Waals surface area contributed by atoms with E-state index in [-0.39, 0.29) is 0 Å². The molecule has 0 radical (unpaired) electrons. The lowest BCUT2D eigenvalue weighted by atomic mass is 10.1. The minimum absolute atomic E-state index is 1.06. The highest BCUT2D eigenvalue weighted by Gasteiger charge is 2.23. The molecule has 0 N–H and O–H groups in total. The molecule has 0 bridgehead atoms. The molecule has 0 spiro atoms. The van der Waals surface area contributed by atoms with Crippen LogP contribution in [0.15, 0.2) is 82.6 Å². The summed E-state index contributed by atoms with van der Waals surface area (Å²) in [7, 11) is 0. The van der Waals surface area contributed by atoms with Gasteiger partial charge < -0.3 is 4.90 Å². The van der Waals surface area contributed by atoms with E-state index >= 15 is 0 Å². The predicted octanol–water partition coefficient (Wildman–Crippen LogP) is 6.18. The number of hydrogen-bond acceptors (Lipinski definition) is 2. The number of hydrogen-bond donors (Lipinski definition) is 0. The van der Waals surface area contributed by atoms with Gasteiger partial charge in [0.1, 0.15) is 0 Å². The molecular formula is C20H17NS. The Hall–Kier alpha value is -2.19. The molecular weight excluding hydrogens is 286 g/mol. The van der Waals surface area contributed by atoms with Crippen LogP contribution in [0.25, 0.3) is 0 Å². The highest BCUT2D eigenvalue weighted by Crippen LogP contribution is 2.51. The lowest BCUT2D eigenvalue weighted by molar-refractivity contribution is 1.12. The normalized spacial score (nSPS) is 12.7. The first-order chi connectivity index (χ1) is 10.9. The van der Waals surface area contributed by atoms with Gasteiger partial charge in [0, 0.05) is 15.5 Å². The van der Waals surface area contributed by atoms with Crippen LogP contribution in [0.1, 0.15) is 12.5 Å². The summed E-state index contributed by atoms with van der Waals surface area (Å²) in [5, 5.41) is 0. The van der Waals surface area contributed by atoms with E-state index in [4.69, 9.17) is 0 Å². The largest absolute Gasteiger partial charge is 0.308 e. The molecule has 4 rings (SSSR count). The van der Waals surface area contributed by atoms with Crippen LogP contribution in [0.2, 0.25) is 0 Å². The number of para-hydroxylation sites is 2. The Morgan fingerprint density at radius 1 is 0.773 bits per heavy atom.